The smallest absolute Gasteiger partial charge is 0.348 e. The summed E-state index contributed by atoms with van der Waals surface area (Å²) in [5.41, 5.74) is 0.363. The molecule has 0 spiro atoms. The van der Waals surface area contributed by atoms with Crippen LogP contribution in [-0.2, 0) is 0 Å². The Labute approximate surface area is 68.6 Å². The summed E-state index contributed by atoms with van der Waals surface area (Å²) in [6, 6.07) is 2.79. The fourth-order valence-corrected chi connectivity index (χ4v) is 0.760. The van der Waals surface area contributed by atoms with Gasteiger partial charge in [-0.05, 0) is 6.07 Å². The van der Waals surface area contributed by atoms with Gasteiger partial charge in [-0.15, -0.1) is 4.98 Å². The number of rotatable bonds is 1. The van der Waals surface area contributed by atoms with Crippen LogP contribution in [0.4, 0.5) is 11.5 Å². The summed E-state index contributed by atoms with van der Waals surface area (Å²) in [7, 11) is 0. The third-order valence-electron chi connectivity index (χ3n) is 1.30. The van der Waals surface area contributed by atoms with Gasteiger partial charge in [0.2, 0.25) is 0 Å². The van der Waals surface area contributed by atoms with Crippen LogP contribution in [0.2, 0.25) is 0 Å². The Morgan fingerprint density at radius 3 is 2.83 bits per heavy atom. The minimum Gasteiger partial charge on any atom is -0.355 e. The highest BCUT2D eigenvalue weighted by Crippen LogP contribution is 2.24. The minimum absolute atomic E-state index is 0.153. The lowest BCUT2D eigenvalue weighted by atomic mass is 10.3. The number of aromatic nitrogens is 1. The number of nitro groups is 1. The van der Waals surface area contributed by atoms with Crippen molar-refractivity contribution in [3.63, 3.8) is 0 Å². The highest BCUT2D eigenvalue weighted by atomic mass is 16.6. The molecule has 0 aliphatic rings. The van der Waals surface area contributed by atoms with Gasteiger partial charge >= 0.3 is 5.82 Å². The lowest BCUT2D eigenvalue weighted by molar-refractivity contribution is -0.384. The Balaban J connectivity index is 3.32. The first-order valence-corrected chi connectivity index (χ1v) is 3.14. The van der Waals surface area contributed by atoms with Crippen molar-refractivity contribution in [2.75, 3.05) is 0 Å². The van der Waals surface area contributed by atoms with E-state index in [0.717, 1.165) is 0 Å². The minimum atomic E-state index is -0.611. The van der Waals surface area contributed by atoms with Crippen molar-refractivity contribution in [1.82, 2.24) is 4.98 Å². The van der Waals surface area contributed by atoms with Crippen molar-refractivity contribution in [3.05, 3.63) is 39.4 Å². The van der Waals surface area contributed by atoms with Gasteiger partial charge in [0.1, 0.15) is 5.69 Å². The van der Waals surface area contributed by atoms with E-state index >= 15 is 0 Å². The second-order valence-corrected chi connectivity index (χ2v) is 2.16. The van der Waals surface area contributed by atoms with Gasteiger partial charge in [-0.25, -0.2) is 0 Å². The van der Waals surface area contributed by atoms with Crippen molar-refractivity contribution in [3.8, 4) is 0 Å². The maximum atomic E-state index is 10.3. The molecule has 0 fully saturated rings. The Morgan fingerprint density at radius 2 is 2.33 bits per heavy atom. The van der Waals surface area contributed by atoms with Gasteiger partial charge in [0.25, 0.3) is 5.69 Å². The summed E-state index contributed by atoms with van der Waals surface area (Å²) in [6.07, 6.45) is 0. The van der Waals surface area contributed by atoms with E-state index in [9.17, 15) is 10.1 Å². The van der Waals surface area contributed by atoms with Gasteiger partial charge in [-0.3, -0.25) is 10.1 Å². The molecule has 5 nitrogen and oxygen atoms in total. The molecular formula is C7H5N3O2. The SMILES string of the molecule is [C-]#[N+]c1nc(C)ccc1[N+](=O)[O-]. The second kappa shape index (κ2) is 2.96. The molecule has 5 heteroatoms. The fraction of sp³-hybridized carbons (Fsp3) is 0.143. The molecule has 0 unspecified atom stereocenters. The molecule has 1 heterocycles. The number of hydrogen-bond acceptors (Lipinski definition) is 3. The van der Waals surface area contributed by atoms with Crippen LogP contribution < -0.4 is 0 Å². The first-order chi connectivity index (χ1) is 5.65. The van der Waals surface area contributed by atoms with Crippen molar-refractivity contribution in [1.29, 1.82) is 0 Å². The van der Waals surface area contributed by atoms with Crippen molar-refractivity contribution in [2.45, 2.75) is 6.92 Å². The van der Waals surface area contributed by atoms with Crippen LogP contribution in [0.5, 0.6) is 0 Å². The zero-order chi connectivity index (χ0) is 9.14. The molecule has 0 aliphatic carbocycles. The molecule has 0 aliphatic heterocycles. The van der Waals surface area contributed by atoms with Crippen LogP contribution in [0.25, 0.3) is 4.85 Å². The molecule has 12 heavy (non-hydrogen) atoms. The number of nitrogens with zero attached hydrogens (tertiary/aromatic N) is 3. The number of aryl methyl sites for hydroxylation is 1. The largest absolute Gasteiger partial charge is 0.355 e. The topological polar surface area (TPSA) is 60.4 Å². The van der Waals surface area contributed by atoms with Crippen LogP contribution in [-0.4, -0.2) is 9.91 Å². The predicted molar refractivity (Wildman–Crippen MR) is 41.9 cm³/mol. The van der Waals surface area contributed by atoms with E-state index in [1.807, 2.05) is 0 Å². The molecule has 0 saturated carbocycles. The molecule has 0 saturated heterocycles. The van der Waals surface area contributed by atoms with Crippen LogP contribution >= 0.6 is 0 Å². The molecule has 0 bridgehead atoms. The van der Waals surface area contributed by atoms with Gasteiger partial charge in [0.05, 0.1) is 4.92 Å². The monoisotopic (exact) mass is 163 g/mol. The summed E-state index contributed by atoms with van der Waals surface area (Å²) >= 11 is 0. The third-order valence-corrected chi connectivity index (χ3v) is 1.30. The Morgan fingerprint density at radius 1 is 1.67 bits per heavy atom. The number of hydrogen-bond donors (Lipinski definition) is 0. The maximum Gasteiger partial charge on any atom is 0.348 e. The third kappa shape index (κ3) is 1.37. The molecule has 0 N–H and O–H groups in total. The van der Waals surface area contributed by atoms with Crippen LogP contribution in [0.1, 0.15) is 5.69 Å². The van der Waals surface area contributed by atoms with Crippen molar-refractivity contribution in [2.24, 2.45) is 0 Å². The molecule has 0 aromatic carbocycles. The van der Waals surface area contributed by atoms with Crippen LogP contribution in [0.15, 0.2) is 12.1 Å². The van der Waals surface area contributed by atoms with Gasteiger partial charge in [0.15, 0.2) is 0 Å². The first-order valence-electron chi connectivity index (χ1n) is 3.14. The van der Waals surface area contributed by atoms with Crippen molar-refractivity contribution < 1.29 is 4.92 Å². The Bertz CT molecular complexity index is 367. The molecule has 1 aromatic rings. The Hall–Kier alpha value is -1.96. The van der Waals surface area contributed by atoms with E-state index in [4.69, 9.17) is 6.57 Å². The van der Waals surface area contributed by atoms with E-state index in [2.05, 4.69) is 9.83 Å². The van der Waals surface area contributed by atoms with Crippen LogP contribution in [0.3, 0.4) is 0 Å². The highest BCUT2D eigenvalue weighted by molar-refractivity contribution is 5.56. The van der Waals surface area contributed by atoms with Gasteiger partial charge < -0.3 is 4.85 Å². The van der Waals surface area contributed by atoms with E-state index < -0.39 is 4.92 Å². The van der Waals surface area contributed by atoms with Gasteiger partial charge in [-0.1, -0.05) is 6.57 Å². The lowest BCUT2D eigenvalue weighted by Gasteiger charge is -1.92. The molecule has 0 atom stereocenters. The normalized spacial score (nSPS) is 9.00. The van der Waals surface area contributed by atoms with Gasteiger partial charge in [-0.2, -0.15) is 0 Å². The van der Waals surface area contributed by atoms with E-state index in [0.29, 0.717) is 5.69 Å². The Kier molecular flexibility index (Phi) is 2.01. The summed E-state index contributed by atoms with van der Waals surface area (Å²) in [5.74, 6) is -0.153. The summed E-state index contributed by atoms with van der Waals surface area (Å²) in [4.78, 5) is 16.4. The first kappa shape index (κ1) is 8.14. The predicted octanol–water partition coefficient (Wildman–Crippen LogP) is 1.85. The zero-order valence-corrected chi connectivity index (χ0v) is 6.31. The standard InChI is InChI=1S/C7H5N3O2/c1-5-3-4-6(10(11)12)7(8-2)9-5/h3-4H,1H3. The number of pyridine rings is 1. The second-order valence-electron chi connectivity index (χ2n) is 2.16. The maximum absolute atomic E-state index is 10.3. The molecule has 1 aromatic heterocycles. The van der Waals surface area contributed by atoms with Gasteiger partial charge in [0, 0.05) is 13.0 Å². The summed E-state index contributed by atoms with van der Waals surface area (Å²) in [6.45, 7) is 8.31. The molecule has 60 valence electrons. The van der Waals surface area contributed by atoms with E-state index in [1.54, 1.807) is 6.92 Å². The molecule has 0 radical (unpaired) electrons. The molecular weight excluding hydrogens is 158 g/mol. The van der Waals surface area contributed by atoms with Crippen molar-refractivity contribution >= 4 is 11.5 Å². The molecule has 0 amide bonds. The zero-order valence-electron chi connectivity index (χ0n) is 6.31. The lowest BCUT2D eigenvalue weighted by Crippen LogP contribution is -1.90. The van der Waals surface area contributed by atoms with E-state index in [1.165, 1.54) is 12.1 Å². The average Bonchev–Trinajstić information content (AvgIpc) is 2.03. The van der Waals surface area contributed by atoms with Crippen LogP contribution in [0, 0.1) is 23.6 Å². The quantitative estimate of drug-likeness (QED) is 0.360. The molecule has 1 rings (SSSR count). The average molecular weight is 163 g/mol. The summed E-state index contributed by atoms with van der Waals surface area (Å²) in [5, 5.41) is 10.3. The summed E-state index contributed by atoms with van der Waals surface area (Å²) < 4.78 is 0. The highest BCUT2D eigenvalue weighted by Gasteiger charge is 2.14. The van der Waals surface area contributed by atoms with E-state index in [-0.39, 0.29) is 11.5 Å². The fourth-order valence-electron chi connectivity index (χ4n) is 0.760.